The highest BCUT2D eigenvalue weighted by molar-refractivity contribution is 7.92. The quantitative estimate of drug-likeness (QED) is 0.183. The zero-order valence-corrected chi connectivity index (χ0v) is 26.7. The van der Waals surface area contributed by atoms with Crippen molar-refractivity contribution in [3.05, 3.63) is 130 Å². The van der Waals surface area contributed by atoms with E-state index in [0.29, 0.717) is 15.9 Å². The molecule has 46 heavy (non-hydrogen) atoms. The van der Waals surface area contributed by atoms with E-state index in [1.807, 2.05) is 25.1 Å². The number of alkyl halides is 3. The van der Waals surface area contributed by atoms with E-state index in [1.54, 1.807) is 49.4 Å². The van der Waals surface area contributed by atoms with Crippen LogP contribution in [0.15, 0.2) is 108 Å². The minimum atomic E-state index is -4.82. The maximum atomic E-state index is 14.4. The lowest BCUT2D eigenvalue weighted by atomic mass is 10.0. The van der Waals surface area contributed by atoms with Gasteiger partial charge in [-0.3, -0.25) is 13.9 Å². The van der Waals surface area contributed by atoms with Gasteiger partial charge in [-0.1, -0.05) is 90.0 Å². The highest BCUT2D eigenvalue weighted by Crippen LogP contribution is 2.37. The molecule has 1 N–H and O–H groups in total. The van der Waals surface area contributed by atoms with Crippen molar-refractivity contribution in [1.29, 1.82) is 0 Å². The summed E-state index contributed by atoms with van der Waals surface area (Å²) in [4.78, 5) is 29.0. The number of likely N-dealkylation sites (N-methyl/N-ethyl adjacent to an activating group) is 1. The number of carbonyl (C=O) groups excluding carboxylic acids is 2. The van der Waals surface area contributed by atoms with E-state index in [2.05, 4.69) is 5.32 Å². The van der Waals surface area contributed by atoms with Crippen molar-refractivity contribution in [3.63, 3.8) is 0 Å². The number of amides is 2. The Kier molecular flexibility index (Phi) is 11.1. The SMILES string of the molecule is CCNC(=O)[C@H](Cc1ccccc1)N(Cc1cccc(C)c1)C(=O)CN(c1cc(C(F)(F)F)ccc1Cl)S(=O)(=O)c1ccccc1. The van der Waals surface area contributed by atoms with E-state index >= 15 is 0 Å². The number of nitrogens with zero attached hydrogens (tertiary/aromatic N) is 2. The fourth-order valence-electron chi connectivity index (χ4n) is 4.97. The molecule has 0 spiro atoms. The largest absolute Gasteiger partial charge is 0.416 e. The number of rotatable bonds is 12. The van der Waals surface area contributed by atoms with Gasteiger partial charge in [0.2, 0.25) is 11.8 Å². The van der Waals surface area contributed by atoms with Gasteiger partial charge < -0.3 is 10.2 Å². The predicted octanol–water partition coefficient (Wildman–Crippen LogP) is 6.64. The number of hydrogen-bond donors (Lipinski definition) is 1. The van der Waals surface area contributed by atoms with Gasteiger partial charge in [0.15, 0.2) is 0 Å². The molecule has 2 amide bonds. The minimum Gasteiger partial charge on any atom is -0.355 e. The van der Waals surface area contributed by atoms with E-state index in [1.165, 1.54) is 29.2 Å². The Hall–Kier alpha value is -4.35. The summed E-state index contributed by atoms with van der Waals surface area (Å²) in [6.07, 6.45) is -4.72. The van der Waals surface area contributed by atoms with E-state index in [4.69, 9.17) is 11.6 Å². The van der Waals surface area contributed by atoms with E-state index in [0.717, 1.165) is 23.3 Å². The standard InChI is InChI=1S/C34H33ClF3N3O4S/c1-3-39-33(43)31(20-25-12-6-4-7-13-25)40(22-26-14-10-11-24(2)19-26)32(42)23-41(46(44,45)28-15-8-5-9-16-28)30-21-27(34(36,37)38)17-18-29(30)35/h4-19,21,31H,3,20,22-23H2,1-2H3,(H,39,43)/t31-/m0/s1. The van der Waals surface area contributed by atoms with Crippen molar-refractivity contribution < 1.29 is 31.2 Å². The van der Waals surface area contributed by atoms with Gasteiger partial charge in [-0.15, -0.1) is 0 Å². The maximum absolute atomic E-state index is 14.4. The second-order valence-corrected chi connectivity index (χ2v) is 12.9. The number of hydrogen-bond acceptors (Lipinski definition) is 4. The third-order valence-corrected chi connectivity index (χ3v) is 9.30. The van der Waals surface area contributed by atoms with Gasteiger partial charge in [0.1, 0.15) is 12.6 Å². The summed E-state index contributed by atoms with van der Waals surface area (Å²) in [5.74, 6) is -1.29. The molecular weight excluding hydrogens is 639 g/mol. The summed E-state index contributed by atoms with van der Waals surface area (Å²) >= 11 is 6.34. The lowest BCUT2D eigenvalue weighted by Crippen LogP contribution is -2.53. The van der Waals surface area contributed by atoms with Gasteiger partial charge in [0, 0.05) is 19.5 Å². The molecule has 1 atom stereocenters. The Morgan fingerprint density at radius 2 is 1.50 bits per heavy atom. The molecule has 0 bridgehead atoms. The van der Waals surface area contributed by atoms with Crippen molar-refractivity contribution in [1.82, 2.24) is 10.2 Å². The number of sulfonamides is 1. The summed E-state index contributed by atoms with van der Waals surface area (Å²) in [6, 6.07) is 24.5. The minimum absolute atomic E-state index is 0.0787. The van der Waals surface area contributed by atoms with E-state index < -0.39 is 51.9 Å². The van der Waals surface area contributed by atoms with Crippen molar-refractivity contribution in [2.75, 3.05) is 17.4 Å². The van der Waals surface area contributed by atoms with Crippen LogP contribution in [-0.4, -0.2) is 44.3 Å². The summed E-state index contributed by atoms with van der Waals surface area (Å²) in [5, 5.41) is 2.45. The smallest absolute Gasteiger partial charge is 0.355 e. The van der Waals surface area contributed by atoms with E-state index in [-0.39, 0.29) is 29.4 Å². The number of nitrogens with one attached hydrogen (secondary N) is 1. The van der Waals surface area contributed by atoms with Crippen LogP contribution in [0.3, 0.4) is 0 Å². The lowest BCUT2D eigenvalue weighted by molar-refractivity contribution is -0.140. The third kappa shape index (κ3) is 8.46. The van der Waals surface area contributed by atoms with Crippen LogP contribution < -0.4 is 9.62 Å². The molecule has 0 aliphatic carbocycles. The second kappa shape index (κ2) is 14.8. The lowest BCUT2D eigenvalue weighted by Gasteiger charge is -2.34. The number of aryl methyl sites for hydroxylation is 1. The summed E-state index contributed by atoms with van der Waals surface area (Å²) in [6.45, 7) is 2.85. The second-order valence-electron chi connectivity index (χ2n) is 10.6. The van der Waals surface area contributed by atoms with Gasteiger partial charge in [-0.05, 0) is 55.3 Å². The molecule has 0 unspecified atom stereocenters. The van der Waals surface area contributed by atoms with E-state index in [9.17, 15) is 31.2 Å². The molecule has 12 heteroatoms. The molecule has 0 aliphatic heterocycles. The first-order chi connectivity index (χ1) is 21.8. The fraction of sp³-hybridized carbons (Fsp3) is 0.235. The predicted molar refractivity (Wildman–Crippen MR) is 172 cm³/mol. The molecule has 0 aliphatic rings. The monoisotopic (exact) mass is 671 g/mol. The van der Waals surface area contributed by atoms with Crippen LogP contribution in [0.1, 0.15) is 29.2 Å². The first kappa shape index (κ1) is 34.5. The van der Waals surface area contributed by atoms with Crippen LogP contribution in [0.25, 0.3) is 0 Å². The van der Waals surface area contributed by atoms with Crippen LogP contribution >= 0.6 is 11.6 Å². The molecule has 0 fully saturated rings. The Balaban J connectivity index is 1.86. The van der Waals surface area contributed by atoms with Crippen molar-refractivity contribution in [2.45, 2.75) is 43.9 Å². The zero-order chi connectivity index (χ0) is 33.5. The molecule has 0 heterocycles. The average molecular weight is 672 g/mol. The van der Waals surface area contributed by atoms with Gasteiger partial charge in [0.05, 0.1) is 21.2 Å². The fourth-order valence-corrected chi connectivity index (χ4v) is 6.68. The first-order valence-electron chi connectivity index (χ1n) is 14.4. The molecule has 4 rings (SSSR count). The summed E-state index contributed by atoms with van der Waals surface area (Å²) in [7, 11) is -4.63. The van der Waals surface area contributed by atoms with Gasteiger partial charge in [0.25, 0.3) is 10.0 Å². The first-order valence-corrected chi connectivity index (χ1v) is 16.2. The Labute approximate surface area is 271 Å². The molecule has 0 saturated heterocycles. The third-order valence-electron chi connectivity index (χ3n) is 7.21. The molecule has 0 radical (unpaired) electrons. The van der Waals surface area contributed by atoms with Gasteiger partial charge in [-0.2, -0.15) is 13.2 Å². The zero-order valence-electron chi connectivity index (χ0n) is 25.2. The maximum Gasteiger partial charge on any atom is 0.416 e. The highest BCUT2D eigenvalue weighted by Gasteiger charge is 2.37. The Morgan fingerprint density at radius 3 is 2.11 bits per heavy atom. The topological polar surface area (TPSA) is 86.8 Å². The van der Waals surface area contributed by atoms with Crippen LogP contribution in [0.4, 0.5) is 18.9 Å². The van der Waals surface area contributed by atoms with Crippen LogP contribution in [0.2, 0.25) is 5.02 Å². The van der Waals surface area contributed by atoms with Gasteiger partial charge >= 0.3 is 6.18 Å². The normalized spacial score (nSPS) is 12.3. The molecule has 242 valence electrons. The number of anilines is 1. The number of benzene rings is 4. The average Bonchev–Trinajstić information content (AvgIpc) is 3.02. The summed E-state index contributed by atoms with van der Waals surface area (Å²) < 4.78 is 70.0. The van der Waals surface area contributed by atoms with Crippen LogP contribution in [-0.2, 0) is 38.8 Å². The molecule has 0 aromatic heterocycles. The van der Waals surface area contributed by atoms with Crippen LogP contribution in [0.5, 0.6) is 0 Å². The van der Waals surface area contributed by atoms with Gasteiger partial charge in [-0.25, -0.2) is 8.42 Å². The highest BCUT2D eigenvalue weighted by atomic mass is 35.5. The van der Waals surface area contributed by atoms with Crippen LogP contribution in [0, 0.1) is 6.92 Å². The number of carbonyl (C=O) groups is 2. The molecule has 4 aromatic carbocycles. The van der Waals surface area contributed by atoms with Crippen molar-refractivity contribution in [3.8, 4) is 0 Å². The molecular formula is C34H33ClF3N3O4S. The molecule has 0 saturated carbocycles. The molecule has 7 nitrogen and oxygen atoms in total. The summed E-state index contributed by atoms with van der Waals surface area (Å²) in [5.41, 5.74) is 0.641. The Bertz CT molecular complexity index is 1770. The Morgan fingerprint density at radius 1 is 0.870 bits per heavy atom. The van der Waals surface area contributed by atoms with Crippen molar-refractivity contribution >= 4 is 39.1 Å². The molecule has 4 aromatic rings. The van der Waals surface area contributed by atoms with Crippen molar-refractivity contribution in [2.24, 2.45) is 0 Å². The number of halogens is 4.